The van der Waals surface area contributed by atoms with Gasteiger partial charge in [-0.3, -0.25) is 0 Å². The molecule has 0 bridgehead atoms. The minimum atomic E-state index is -0.972. The first-order valence-corrected chi connectivity index (χ1v) is 5.48. The molecule has 2 aromatic carbocycles. The van der Waals surface area contributed by atoms with E-state index in [9.17, 15) is 4.79 Å². The molecule has 0 amide bonds. The fraction of sp³-hybridized carbons (Fsp3) is 0. The van der Waals surface area contributed by atoms with E-state index in [4.69, 9.17) is 5.11 Å². The Morgan fingerprint density at radius 2 is 1.88 bits per heavy atom. The van der Waals surface area contributed by atoms with E-state index in [1.165, 1.54) is 0 Å². The predicted octanol–water partition coefficient (Wildman–Crippen LogP) is 3.61. The van der Waals surface area contributed by atoms with E-state index in [0.29, 0.717) is 5.56 Å². The Balaban J connectivity index is 2.68. The predicted molar refractivity (Wildman–Crippen MR) is 65.4 cm³/mol. The highest BCUT2D eigenvalue weighted by atomic mass is 79.9. The molecule has 0 unspecified atom stereocenters. The maximum Gasteiger partial charge on any atom is 0.336 e. The Kier molecular flexibility index (Phi) is 3.06. The van der Waals surface area contributed by atoms with Gasteiger partial charge in [-0.25, -0.2) is 4.79 Å². The molecule has 0 spiro atoms. The highest BCUT2D eigenvalue weighted by molar-refractivity contribution is 9.10. The molecule has 79 valence electrons. The molecule has 2 aromatic rings. The molecule has 2 rings (SSSR count). The van der Waals surface area contributed by atoms with Crippen molar-refractivity contribution in [1.29, 1.82) is 0 Å². The number of halogens is 1. The fourth-order valence-corrected chi connectivity index (χ4v) is 2.09. The number of carboxylic acids is 1. The van der Waals surface area contributed by atoms with Crippen LogP contribution in [0.1, 0.15) is 10.4 Å². The average Bonchev–Trinajstić information content (AvgIpc) is 2.29. The quantitative estimate of drug-likeness (QED) is 0.909. The molecular formula is C13H8BrO2. The van der Waals surface area contributed by atoms with Crippen LogP contribution < -0.4 is 0 Å². The van der Waals surface area contributed by atoms with Crippen LogP contribution in [0.4, 0.5) is 0 Å². The number of hydrogen-bond donors (Lipinski definition) is 1. The van der Waals surface area contributed by atoms with Gasteiger partial charge in [0.1, 0.15) is 0 Å². The molecule has 0 saturated heterocycles. The number of hydrogen-bond acceptors (Lipinski definition) is 1. The summed E-state index contributed by atoms with van der Waals surface area (Å²) < 4.78 is 0.759. The van der Waals surface area contributed by atoms with Crippen molar-refractivity contribution in [2.24, 2.45) is 0 Å². The third kappa shape index (κ3) is 1.99. The second-order valence-corrected chi connectivity index (χ2v) is 4.10. The van der Waals surface area contributed by atoms with E-state index in [1.54, 1.807) is 12.1 Å². The van der Waals surface area contributed by atoms with Crippen LogP contribution in [0.15, 0.2) is 46.9 Å². The normalized spacial score (nSPS) is 10.1. The monoisotopic (exact) mass is 275 g/mol. The van der Waals surface area contributed by atoms with E-state index in [2.05, 4.69) is 22.0 Å². The summed E-state index contributed by atoms with van der Waals surface area (Å²) in [6.07, 6.45) is 0. The summed E-state index contributed by atoms with van der Waals surface area (Å²) in [6, 6.07) is 15.5. The van der Waals surface area contributed by atoms with Gasteiger partial charge in [0, 0.05) is 10.0 Å². The van der Waals surface area contributed by atoms with Gasteiger partial charge in [-0.05, 0) is 17.7 Å². The van der Waals surface area contributed by atoms with E-state index in [-0.39, 0.29) is 5.56 Å². The van der Waals surface area contributed by atoms with Crippen LogP contribution in [0, 0.1) is 6.07 Å². The van der Waals surface area contributed by atoms with Crippen molar-refractivity contribution < 1.29 is 9.90 Å². The summed E-state index contributed by atoms with van der Waals surface area (Å²) in [5.41, 5.74) is 1.71. The molecule has 0 fully saturated rings. The molecule has 0 aliphatic heterocycles. The van der Waals surface area contributed by atoms with Crippen molar-refractivity contribution in [3.63, 3.8) is 0 Å². The van der Waals surface area contributed by atoms with E-state index >= 15 is 0 Å². The molecule has 0 atom stereocenters. The van der Waals surface area contributed by atoms with Crippen LogP contribution in [-0.4, -0.2) is 11.1 Å². The van der Waals surface area contributed by atoms with Crippen molar-refractivity contribution in [3.8, 4) is 11.1 Å². The van der Waals surface area contributed by atoms with Gasteiger partial charge < -0.3 is 5.11 Å². The highest BCUT2D eigenvalue weighted by Crippen LogP contribution is 2.31. The lowest BCUT2D eigenvalue weighted by Crippen LogP contribution is -2.00. The number of carboxylic acid groups (broad SMARTS) is 1. The average molecular weight is 276 g/mol. The summed E-state index contributed by atoms with van der Waals surface area (Å²) in [5.74, 6) is -0.972. The van der Waals surface area contributed by atoms with Gasteiger partial charge in [0.15, 0.2) is 0 Å². The third-order valence-corrected chi connectivity index (χ3v) is 2.88. The lowest BCUT2D eigenvalue weighted by atomic mass is 10.00. The summed E-state index contributed by atoms with van der Waals surface area (Å²) in [4.78, 5) is 11.1. The van der Waals surface area contributed by atoms with Crippen LogP contribution >= 0.6 is 15.9 Å². The minimum absolute atomic E-state index is 0.181. The van der Waals surface area contributed by atoms with E-state index < -0.39 is 5.97 Å². The van der Waals surface area contributed by atoms with Crippen molar-refractivity contribution in [2.75, 3.05) is 0 Å². The number of benzene rings is 2. The van der Waals surface area contributed by atoms with Gasteiger partial charge in [0.05, 0.1) is 5.56 Å². The molecule has 1 N–H and O–H groups in total. The zero-order valence-corrected chi connectivity index (χ0v) is 9.86. The summed E-state index contributed by atoms with van der Waals surface area (Å²) >= 11 is 3.37. The zero-order chi connectivity index (χ0) is 11.5. The summed E-state index contributed by atoms with van der Waals surface area (Å²) in [5, 5.41) is 9.10. The van der Waals surface area contributed by atoms with Gasteiger partial charge in [-0.2, -0.15) is 0 Å². The van der Waals surface area contributed by atoms with Crippen LogP contribution in [-0.2, 0) is 0 Å². The molecule has 2 nitrogen and oxygen atoms in total. The fourth-order valence-electron chi connectivity index (χ4n) is 1.53. The van der Waals surface area contributed by atoms with Crippen molar-refractivity contribution in [2.45, 2.75) is 0 Å². The first-order valence-electron chi connectivity index (χ1n) is 4.69. The van der Waals surface area contributed by atoms with Crippen LogP contribution in [0.25, 0.3) is 11.1 Å². The Morgan fingerprint density at radius 1 is 1.19 bits per heavy atom. The second-order valence-electron chi connectivity index (χ2n) is 3.25. The van der Waals surface area contributed by atoms with Crippen molar-refractivity contribution >= 4 is 21.9 Å². The molecule has 16 heavy (non-hydrogen) atoms. The standard InChI is InChI=1S/C13H8BrO2/c14-11-8-4-7-10(13(15)16)12(11)9-5-2-1-3-6-9/h1-6,8H,(H,15,16). The lowest BCUT2D eigenvalue weighted by molar-refractivity contribution is 0.0697. The van der Waals surface area contributed by atoms with E-state index in [1.807, 2.05) is 30.3 Å². The van der Waals surface area contributed by atoms with Gasteiger partial charge in [0.25, 0.3) is 0 Å². The first-order chi connectivity index (χ1) is 7.70. The number of carbonyl (C=O) groups is 1. The SMILES string of the molecule is O=C(O)c1[c]ccc(Br)c1-c1ccccc1. The lowest BCUT2D eigenvalue weighted by Gasteiger charge is -2.08. The Labute approximate surface area is 102 Å². The van der Waals surface area contributed by atoms with Crippen LogP contribution in [0.2, 0.25) is 0 Å². The molecule has 0 aromatic heterocycles. The topological polar surface area (TPSA) is 37.3 Å². The zero-order valence-electron chi connectivity index (χ0n) is 8.27. The Bertz CT molecular complexity index is 521. The van der Waals surface area contributed by atoms with Crippen LogP contribution in [0.3, 0.4) is 0 Å². The molecule has 0 saturated carbocycles. The molecule has 0 heterocycles. The highest BCUT2D eigenvalue weighted by Gasteiger charge is 2.14. The molecule has 3 heteroatoms. The summed E-state index contributed by atoms with van der Waals surface area (Å²) in [7, 11) is 0. The van der Waals surface area contributed by atoms with Crippen molar-refractivity contribution in [3.05, 3.63) is 58.6 Å². The van der Waals surface area contributed by atoms with Gasteiger partial charge in [0.2, 0.25) is 0 Å². The van der Waals surface area contributed by atoms with Crippen LogP contribution in [0.5, 0.6) is 0 Å². The minimum Gasteiger partial charge on any atom is -0.478 e. The first kappa shape index (κ1) is 10.9. The van der Waals surface area contributed by atoms with E-state index in [0.717, 1.165) is 10.0 Å². The van der Waals surface area contributed by atoms with Gasteiger partial charge >= 0.3 is 5.97 Å². The van der Waals surface area contributed by atoms with Gasteiger partial charge in [-0.15, -0.1) is 0 Å². The number of rotatable bonds is 2. The second kappa shape index (κ2) is 4.49. The smallest absolute Gasteiger partial charge is 0.336 e. The maximum absolute atomic E-state index is 11.1. The molecule has 0 aliphatic rings. The van der Waals surface area contributed by atoms with Crippen molar-refractivity contribution in [1.82, 2.24) is 0 Å². The Hall–Kier alpha value is -1.61. The number of aromatic carboxylic acids is 1. The molecule has 0 aliphatic carbocycles. The van der Waals surface area contributed by atoms with Gasteiger partial charge in [-0.1, -0.05) is 52.3 Å². The maximum atomic E-state index is 11.1. The Morgan fingerprint density at radius 3 is 2.50 bits per heavy atom. The third-order valence-electron chi connectivity index (χ3n) is 2.22. The largest absolute Gasteiger partial charge is 0.478 e. The molecular weight excluding hydrogens is 268 g/mol. The molecule has 1 radical (unpaired) electrons. The summed E-state index contributed by atoms with van der Waals surface area (Å²) in [6.45, 7) is 0.